The van der Waals surface area contributed by atoms with Crippen molar-refractivity contribution in [1.82, 2.24) is 0 Å². The Morgan fingerprint density at radius 3 is 2.27 bits per heavy atom. The molecular formula is C23H24N2O4S. The van der Waals surface area contributed by atoms with Gasteiger partial charge < -0.3 is 10.1 Å². The Morgan fingerprint density at radius 1 is 0.900 bits per heavy atom. The average molecular weight is 425 g/mol. The third kappa shape index (κ3) is 5.39. The molecule has 3 aromatic rings. The molecule has 0 aliphatic rings. The molecule has 0 heterocycles. The Kier molecular flexibility index (Phi) is 6.42. The number of amides is 1. The zero-order chi connectivity index (χ0) is 21.7. The maximum Gasteiger partial charge on any atom is 0.265 e. The molecule has 6 nitrogen and oxygen atoms in total. The zero-order valence-corrected chi connectivity index (χ0v) is 17.9. The van der Waals surface area contributed by atoms with Gasteiger partial charge in [0.1, 0.15) is 5.75 Å². The maximum absolute atomic E-state index is 12.6. The van der Waals surface area contributed by atoms with E-state index in [9.17, 15) is 13.2 Å². The van der Waals surface area contributed by atoms with Crippen LogP contribution in [0, 0.1) is 13.8 Å². The van der Waals surface area contributed by atoms with Gasteiger partial charge in [0.25, 0.3) is 15.9 Å². The van der Waals surface area contributed by atoms with E-state index < -0.39 is 16.1 Å². The first-order valence-electron chi connectivity index (χ1n) is 9.47. The minimum absolute atomic E-state index is 0.103. The van der Waals surface area contributed by atoms with E-state index in [1.54, 1.807) is 43.3 Å². The highest BCUT2D eigenvalue weighted by atomic mass is 32.2. The molecule has 2 N–H and O–H groups in total. The average Bonchev–Trinajstić information content (AvgIpc) is 2.70. The molecule has 1 amide bonds. The number of rotatable bonds is 7. The lowest BCUT2D eigenvalue weighted by molar-refractivity contribution is -0.122. The standard InChI is InChI=1S/C23H24N2O4S/c1-16-7-6-9-20(15-16)25-30(27,28)21-13-11-19(12-14-21)24-23(26)18(3)29-22-10-5-4-8-17(22)2/h4-15,18,25H,1-3H3,(H,24,26). The van der Waals surface area contributed by atoms with E-state index in [1.165, 1.54) is 12.1 Å². The second-order valence-electron chi connectivity index (χ2n) is 7.01. The molecule has 0 bridgehead atoms. The quantitative estimate of drug-likeness (QED) is 0.584. The van der Waals surface area contributed by atoms with Gasteiger partial charge in [-0.3, -0.25) is 9.52 Å². The lowest BCUT2D eigenvalue weighted by atomic mass is 10.2. The number of carbonyl (C=O) groups is 1. The van der Waals surface area contributed by atoms with Gasteiger partial charge in [0.05, 0.1) is 4.90 Å². The number of hydrogen-bond donors (Lipinski definition) is 2. The normalized spacial score (nSPS) is 12.1. The van der Waals surface area contributed by atoms with Gasteiger partial charge in [0.15, 0.2) is 6.10 Å². The van der Waals surface area contributed by atoms with Crippen LogP contribution in [0.2, 0.25) is 0 Å². The van der Waals surface area contributed by atoms with Crippen molar-refractivity contribution in [2.45, 2.75) is 31.8 Å². The summed E-state index contributed by atoms with van der Waals surface area (Å²) in [6.45, 7) is 5.45. The monoisotopic (exact) mass is 424 g/mol. The number of aryl methyl sites for hydroxylation is 2. The van der Waals surface area contributed by atoms with Crippen LogP contribution >= 0.6 is 0 Å². The summed E-state index contributed by atoms with van der Waals surface area (Å²) >= 11 is 0. The van der Waals surface area contributed by atoms with Gasteiger partial charge in [-0.15, -0.1) is 0 Å². The molecular weight excluding hydrogens is 400 g/mol. The van der Waals surface area contributed by atoms with E-state index in [1.807, 2.05) is 38.1 Å². The van der Waals surface area contributed by atoms with Crippen LogP contribution in [0.1, 0.15) is 18.1 Å². The molecule has 3 aromatic carbocycles. The Balaban J connectivity index is 1.65. The molecule has 0 fully saturated rings. The Labute approximate surface area is 177 Å². The lowest BCUT2D eigenvalue weighted by Gasteiger charge is -2.16. The number of ether oxygens (including phenoxy) is 1. The minimum Gasteiger partial charge on any atom is -0.481 e. The molecule has 0 saturated carbocycles. The van der Waals surface area contributed by atoms with Crippen molar-refractivity contribution in [2.75, 3.05) is 10.0 Å². The molecule has 0 spiro atoms. The van der Waals surface area contributed by atoms with Crippen molar-refractivity contribution in [2.24, 2.45) is 0 Å². The van der Waals surface area contributed by atoms with Crippen LogP contribution in [0.5, 0.6) is 5.75 Å². The van der Waals surface area contributed by atoms with Crippen molar-refractivity contribution in [3.63, 3.8) is 0 Å². The van der Waals surface area contributed by atoms with Crippen molar-refractivity contribution in [1.29, 1.82) is 0 Å². The molecule has 156 valence electrons. The highest BCUT2D eigenvalue weighted by Gasteiger charge is 2.17. The molecule has 0 aliphatic carbocycles. The van der Waals surface area contributed by atoms with E-state index >= 15 is 0 Å². The summed E-state index contributed by atoms with van der Waals surface area (Å²) in [5.74, 6) is 0.315. The highest BCUT2D eigenvalue weighted by Crippen LogP contribution is 2.20. The Morgan fingerprint density at radius 2 is 1.60 bits per heavy atom. The molecule has 30 heavy (non-hydrogen) atoms. The molecule has 0 aliphatic heterocycles. The van der Waals surface area contributed by atoms with Gasteiger partial charge in [-0.05, 0) is 74.4 Å². The maximum atomic E-state index is 12.6. The highest BCUT2D eigenvalue weighted by molar-refractivity contribution is 7.92. The molecule has 0 aromatic heterocycles. The van der Waals surface area contributed by atoms with Crippen LogP contribution in [0.3, 0.4) is 0 Å². The van der Waals surface area contributed by atoms with Crippen LogP contribution in [0.15, 0.2) is 77.7 Å². The number of anilines is 2. The van der Waals surface area contributed by atoms with E-state index in [0.29, 0.717) is 17.1 Å². The van der Waals surface area contributed by atoms with E-state index in [2.05, 4.69) is 10.0 Å². The Hall–Kier alpha value is -3.32. The molecule has 1 unspecified atom stereocenters. The summed E-state index contributed by atoms with van der Waals surface area (Å²) in [5.41, 5.74) is 2.87. The first-order chi connectivity index (χ1) is 14.2. The first kappa shape index (κ1) is 21.4. The van der Waals surface area contributed by atoms with Crippen LogP contribution < -0.4 is 14.8 Å². The minimum atomic E-state index is -3.72. The van der Waals surface area contributed by atoms with Gasteiger partial charge in [-0.2, -0.15) is 0 Å². The molecule has 0 saturated heterocycles. The van der Waals surface area contributed by atoms with Crippen molar-refractivity contribution < 1.29 is 17.9 Å². The largest absolute Gasteiger partial charge is 0.481 e. The fourth-order valence-electron chi connectivity index (χ4n) is 2.82. The SMILES string of the molecule is Cc1cccc(NS(=O)(=O)c2ccc(NC(=O)C(C)Oc3ccccc3C)cc2)c1. The third-order valence-corrected chi connectivity index (χ3v) is 5.87. The summed E-state index contributed by atoms with van der Waals surface area (Å²) in [5, 5.41) is 2.74. The fourth-order valence-corrected chi connectivity index (χ4v) is 3.87. The number of nitrogens with one attached hydrogen (secondary N) is 2. The molecule has 0 radical (unpaired) electrons. The van der Waals surface area contributed by atoms with Crippen LogP contribution in [0.4, 0.5) is 11.4 Å². The van der Waals surface area contributed by atoms with Crippen LogP contribution in [-0.2, 0) is 14.8 Å². The summed E-state index contributed by atoms with van der Waals surface area (Å²) in [6, 6.07) is 20.5. The number of benzene rings is 3. The smallest absolute Gasteiger partial charge is 0.265 e. The van der Waals surface area contributed by atoms with Gasteiger partial charge >= 0.3 is 0 Å². The molecule has 1 atom stereocenters. The predicted molar refractivity (Wildman–Crippen MR) is 118 cm³/mol. The van der Waals surface area contributed by atoms with Gasteiger partial charge in [0, 0.05) is 11.4 Å². The predicted octanol–water partition coefficient (Wildman–Crippen LogP) is 4.51. The van der Waals surface area contributed by atoms with Gasteiger partial charge in [-0.1, -0.05) is 30.3 Å². The second kappa shape index (κ2) is 9.00. The molecule has 7 heteroatoms. The lowest BCUT2D eigenvalue weighted by Crippen LogP contribution is -2.30. The summed E-state index contributed by atoms with van der Waals surface area (Å²) in [4.78, 5) is 12.5. The van der Waals surface area contributed by atoms with E-state index in [0.717, 1.165) is 11.1 Å². The number of carbonyl (C=O) groups excluding carboxylic acids is 1. The third-order valence-electron chi connectivity index (χ3n) is 4.47. The molecule has 3 rings (SSSR count). The summed E-state index contributed by atoms with van der Waals surface area (Å²) in [7, 11) is -3.72. The van der Waals surface area contributed by atoms with Crippen molar-refractivity contribution in [3.05, 3.63) is 83.9 Å². The fraction of sp³-hybridized carbons (Fsp3) is 0.174. The van der Waals surface area contributed by atoms with Gasteiger partial charge in [-0.25, -0.2) is 8.42 Å². The number of para-hydroxylation sites is 1. The number of sulfonamides is 1. The first-order valence-corrected chi connectivity index (χ1v) is 11.0. The van der Waals surface area contributed by atoms with Crippen molar-refractivity contribution in [3.8, 4) is 5.75 Å². The van der Waals surface area contributed by atoms with E-state index in [4.69, 9.17) is 4.74 Å². The topological polar surface area (TPSA) is 84.5 Å². The number of hydrogen-bond acceptors (Lipinski definition) is 4. The van der Waals surface area contributed by atoms with Crippen LogP contribution in [0.25, 0.3) is 0 Å². The summed E-state index contributed by atoms with van der Waals surface area (Å²) < 4.78 is 33.4. The Bertz CT molecular complexity index is 1140. The van der Waals surface area contributed by atoms with Crippen molar-refractivity contribution >= 4 is 27.3 Å². The summed E-state index contributed by atoms with van der Waals surface area (Å²) in [6.07, 6.45) is -0.711. The zero-order valence-electron chi connectivity index (χ0n) is 17.0. The van der Waals surface area contributed by atoms with E-state index in [-0.39, 0.29) is 10.8 Å². The second-order valence-corrected chi connectivity index (χ2v) is 8.70. The van der Waals surface area contributed by atoms with Crippen LogP contribution in [-0.4, -0.2) is 20.4 Å². The van der Waals surface area contributed by atoms with Gasteiger partial charge in [0.2, 0.25) is 0 Å².